The lowest BCUT2D eigenvalue weighted by molar-refractivity contribution is 0.0661. The molecule has 26 heavy (non-hydrogen) atoms. The van der Waals surface area contributed by atoms with E-state index in [2.05, 4.69) is 10.6 Å². The lowest BCUT2D eigenvalue weighted by Gasteiger charge is -2.11. The molecular weight excluding hydrogens is 435 g/mol. The molecule has 0 amide bonds. The van der Waals surface area contributed by atoms with Gasteiger partial charge < -0.3 is 9.94 Å². The molecule has 2 aromatic rings. The van der Waals surface area contributed by atoms with Gasteiger partial charge in [0, 0.05) is 24.8 Å². The Morgan fingerprint density at radius 1 is 1.42 bits per heavy atom. The van der Waals surface area contributed by atoms with E-state index in [1.54, 1.807) is 7.11 Å². The van der Waals surface area contributed by atoms with Gasteiger partial charge in [0.15, 0.2) is 0 Å². The second kappa shape index (κ2) is 10.4. The first-order chi connectivity index (χ1) is 12.1. The smallest absolute Gasteiger partial charge is 0.339 e. The Balaban J connectivity index is 0.000000263. The summed E-state index contributed by atoms with van der Waals surface area (Å²) in [5.41, 5.74) is 2.54. The standard InChI is InChI=1S/C8H10Cl3NOS.C6H6F2N2O2/c1-4(12-13-2)3-5-6(9)8(11)14-7(5)10;1-10-2-3(6(11)12)4(9-10)5(7)8/h4,12H,3H2,1-2H3;2,5H,1H3,(H,11,12). The highest BCUT2D eigenvalue weighted by molar-refractivity contribution is 7.20. The normalized spacial score (nSPS) is 12.0. The van der Waals surface area contributed by atoms with Crippen LogP contribution in [0.3, 0.4) is 0 Å². The molecule has 2 heterocycles. The number of aromatic carboxylic acids is 1. The van der Waals surface area contributed by atoms with E-state index >= 15 is 0 Å². The number of alkyl halides is 2. The van der Waals surface area contributed by atoms with Crippen LogP contribution < -0.4 is 5.48 Å². The molecule has 2 N–H and O–H groups in total. The second-order valence-corrected chi connectivity index (χ2v) is 7.68. The fourth-order valence-corrected chi connectivity index (χ4v) is 3.88. The predicted octanol–water partition coefficient (Wildman–Crippen LogP) is 4.85. The molecule has 2 rings (SSSR count). The highest BCUT2D eigenvalue weighted by Gasteiger charge is 2.21. The van der Waals surface area contributed by atoms with Gasteiger partial charge in [-0.1, -0.05) is 34.8 Å². The predicted molar refractivity (Wildman–Crippen MR) is 97.8 cm³/mol. The molecule has 0 radical (unpaired) electrons. The molecule has 0 aliphatic carbocycles. The van der Waals surface area contributed by atoms with E-state index < -0.39 is 23.7 Å². The largest absolute Gasteiger partial charge is 0.478 e. The molecule has 1 atom stereocenters. The minimum absolute atomic E-state index is 0.140. The van der Waals surface area contributed by atoms with Crippen molar-refractivity contribution in [3.63, 3.8) is 0 Å². The second-order valence-electron chi connectivity index (χ2n) is 5.08. The number of aryl methyl sites for hydroxylation is 1. The van der Waals surface area contributed by atoms with Crippen molar-refractivity contribution in [2.75, 3.05) is 7.11 Å². The molecule has 0 saturated heterocycles. The minimum atomic E-state index is -2.85. The van der Waals surface area contributed by atoms with E-state index in [-0.39, 0.29) is 6.04 Å². The van der Waals surface area contributed by atoms with Crippen LogP contribution in [-0.2, 0) is 18.3 Å². The third-order valence-corrected chi connectivity index (χ3v) is 5.29. The Morgan fingerprint density at radius 2 is 2.04 bits per heavy atom. The quantitative estimate of drug-likeness (QED) is 0.616. The first-order valence-corrected chi connectivity index (χ1v) is 8.99. The average Bonchev–Trinajstić information content (AvgIpc) is 3.04. The molecule has 0 bridgehead atoms. The van der Waals surface area contributed by atoms with E-state index in [1.807, 2.05) is 6.92 Å². The Morgan fingerprint density at radius 3 is 2.42 bits per heavy atom. The van der Waals surface area contributed by atoms with Gasteiger partial charge in [-0.25, -0.2) is 13.6 Å². The van der Waals surface area contributed by atoms with Crippen molar-refractivity contribution in [2.24, 2.45) is 7.05 Å². The summed E-state index contributed by atoms with van der Waals surface area (Å²) in [4.78, 5) is 15.1. The molecule has 0 aromatic carbocycles. The Bertz CT molecular complexity index is 755. The van der Waals surface area contributed by atoms with E-state index in [9.17, 15) is 13.6 Å². The number of hydroxylamine groups is 1. The van der Waals surface area contributed by atoms with Crippen LogP contribution in [0.2, 0.25) is 13.7 Å². The average molecular weight is 451 g/mol. The van der Waals surface area contributed by atoms with Crippen molar-refractivity contribution < 1.29 is 23.5 Å². The maximum atomic E-state index is 12.1. The summed E-state index contributed by atoms with van der Waals surface area (Å²) < 4.78 is 26.4. The van der Waals surface area contributed by atoms with Gasteiger partial charge in [0.1, 0.15) is 15.6 Å². The number of carbonyl (C=O) groups is 1. The molecule has 0 aliphatic heterocycles. The van der Waals surface area contributed by atoms with Crippen LogP contribution in [0, 0.1) is 0 Å². The topological polar surface area (TPSA) is 76.4 Å². The molecular formula is C14H16Cl3F2N3O3S. The van der Waals surface area contributed by atoms with Crippen LogP contribution in [-0.4, -0.2) is 34.0 Å². The molecule has 2 aromatic heterocycles. The molecule has 146 valence electrons. The SMILES string of the molecule is CONC(C)Cc1c(Cl)sc(Cl)c1Cl.Cn1cc(C(=O)O)c(C(F)F)n1. The summed E-state index contributed by atoms with van der Waals surface area (Å²) in [6, 6.07) is 0.140. The minimum Gasteiger partial charge on any atom is -0.478 e. The van der Waals surface area contributed by atoms with Gasteiger partial charge in [-0.15, -0.1) is 11.3 Å². The number of hydrogen-bond donors (Lipinski definition) is 2. The fraction of sp³-hybridized carbons (Fsp3) is 0.429. The van der Waals surface area contributed by atoms with Crippen LogP contribution in [0.4, 0.5) is 8.78 Å². The maximum absolute atomic E-state index is 12.1. The molecule has 0 saturated carbocycles. The summed E-state index contributed by atoms with van der Waals surface area (Å²) in [5.74, 6) is -1.39. The fourth-order valence-electron chi connectivity index (χ4n) is 1.94. The molecule has 6 nitrogen and oxygen atoms in total. The Labute approximate surface area is 167 Å². The van der Waals surface area contributed by atoms with Gasteiger partial charge >= 0.3 is 5.97 Å². The first-order valence-electron chi connectivity index (χ1n) is 7.04. The Hall–Kier alpha value is -0.970. The van der Waals surface area contributed by atoms with Crippen molar-refractivity contribution in [3.8, 4) is 0 Å². The van der Waals surface area contributed by atoms with Crippen molar-refractivity contribution in [1.29, 1.82) is 0 Å². The number of halogens is 5. The number of rotatable bonds is 6. The van der Waals surface area contributed by atoms with Crippen molar-refractivity contribution in [3.05, 3.63) is 36.7 Å². The lowest BCUT2D eigenvalue weighted by atomic mass is 10.1. The molecule has 0 fully saturated rings. The number of thiophene rings is 1. The van der Waals surface area contributed by atoms with E-state index in [0.29, 0.717) is 20.1 Å². The summed E-state index contributed by atoms with van der Waals surface area (Å²) in [6.07, 6.45) is -1.12. The van der Waals surface area contributed by atoms with Crippen molar-refractivity contribution in [2.45, 2.75) is 25.8 Å². The van der Waals surface area contributed by atoms with Gasteiger partial charge in [0.2, 0.25) is 0 Å². The van der Waals surface area contributed by atoms with Gasteiger partial charge in [-0.2, -0.15) is 10.6 Å². The molecule has 1 unspecified atom stereocenters. The van der Waals surface area contributed by atoms with Gasteiger partial charge in [0.05, 0.1) is 16.5 Å². The summed E-state index contributed by atoms with van der Waals surface area (Å²) in [7, 11) is 2.96. The van der Waals surface area contributed by atoms with Gasteiger partial charge in [0.25, 0.3) is 6.43 Å². The van der Waals surface area contributed by atoms with Crippen LogP contribution in [0.1, 0.15) is 35.0 Å². The van der Waals surface area contributed by atoms with E-state index in [4.69, 9.17) is 44.7 Å². The van der Waals surface area contributed by atoms with E-state index in [1.165, 1.54) is 18.4 Å². The maximum Gasteiger partial charge on any atom is 0.339 e. The zero-order valence-electron chi connectivity index (χ0n) is 13.9. The number of aromatic nitrogens is 2. The molecule has 0 aliphatic rings. The third kappa shape index (κ3) is 6.33. The first kappa shape index (κ1) is 23.1. The van der Waals surface area contributed by atoms with Crippen LogP contribution in [0.5, 0.6) is 0 Å². The monoisotopic (exact) mass is 449 g/mol. The van der Waals surface area contributed by atoms with Gasteiger partial charge in [-0.05, 0) is 13.3 Å². The Kier molecular flexibility index (Phi) is 9.22. The number of carboxylic acids is 1. The molecule has 0 spiro atoms. The van der Waals surface area contributed by atoms with Crippen LogP contribution in [0.15, 0.2) is 6.20 Å². The van der Waals surface area contributed by atoms with Crippen LogP contribution in [0.25, 0.3) is 0 Å². The number of nitrogens with one attached hydrogen (secondary N) is 1. The highest BCUT2D eigenvalue weighted by Crippen LogP contribution is 2.40. The summed E-state index contributed by atoms with van der Waals surface area (Å²) in [6.45, 7) is 1.97. The third-order valence-electron chi connectivity index (χ3n) is 2.98. The number of nitrogens with zero attached hydrogens (tertiary/aromatic N) is 2. The van der Waals surface area contributed by atoms with Crippen molar-refractivity contribution in [1.82, 2.24) is 15.3 Å². The van der Waals surface area contributed by atoms with E-state index in [0.717, 1.165) is 16.4 Å². The van der Waals surface area contributed by atoms with Gasteiger partial charge in [-0.3, -0.25) is 4.68 Å². The van der Waals surface area contributed by atoms with Crippen molar-refractivity contribution >= 4 is 52.1 Å². The molecule has 12 heteroatoms. The summed E-state index contributed by atoms with van der Waals surface area (Å²) >= 11 is 19.1. The zero-order chi connectivity index (χ0) is 20.0. The van der Waals surface area contributed by atoms with Crippen LogP contribution >= 0.6 is 46.1 Å². The highest BCUT2D eigenvalue weighted by atomic mass is 35.5. The summed E-state index contributed by atoms with van der Waals surface area (Å²) in [5, 5.41) is 12.3. The number of hydrogen-bond acceptors (Lipinski definition) is 5. The number of carboxylic acid groups (broad SMARTS) is 1. The lowest BCUT2D eigenvalue weighted by Crippen LogP contribution is -2.26. The zero-order valence-corrected chi connectivity index (χ0v) is 17.0.